The van der Waals surface area contributed by atoms with E-state index >= 15 is 0 Å². The predicted molar refractivity (Wildman–Crippen MR) is 70.7 cm³/mol. The lowest BCUT2D eigenvalue weighted by Gasteiger charge is -2.17. The molecule has 2 unspecified atom stereocenters. The zero-order valence-electron chi connectivity index (χ0n) is 10.7. The number of ether oxygens (including phenoxy) is 1. The number of alkyl halides is 1. The van der Waals surface area contributed by atoms with E-state index in [9.17, 15) is 25.1 Å². The van der Waals surface area contributed by atoms with Gasteiger partial charge in [-0.2, -0.15) is 0 Å². The van der Waals surface area contributed by atoms with Crippen molar-refractivity contribution in [1.82, 2.24) is 0 Å². The fourth-order valence-corrected chi connectivity index (χ4v) is 1.86. The standard InChI is InChI=1S/C12H14ClNO6/c1-20-12(17)8-4-7(5-9(6-8)14(18)19)11(16)10(15)2-3-13/h4-6,10-11,15-16H,2-3H2,1H3. The number of carbonyl (C=O) groups excluding carboxylic acids is 1. The van der Waals surface area contributed by atoms with E-state index in [4.69, 9.17) is 11.6 Å². The van der Waals surface area contributed by atoms with E-state index in [1.165, 1.54) is 6.07 Å². The molecule has 1 rings (SSSR count). The molecule has 0 saturated heterocycles. The van der Waals surface area contributed by atoms with Crippen molar-refractivity contribution in [2.24, 2.45) is 0 Å². The molecule has 0 aliphatic rings. The average Bonchev–Trinajstić information content (AvgIpc) is 2.45. The second-order valence-electron chi connectivity index (χ2n) is 4.05. The molecular formula is C12H14ClNO6. The molecule has 8 heteroatoms. The third-order valence-electron chi connectivity index (χ3n) is 2.68. The van der Waals surface area contributed by atoms with E-state index in [0.717, 1.165) is 19.2 Å². The van der Waals surface area contributed by atoms with Crippen LogP contribution < -0.4 is 0 Å². The fraction of sp³-hybridized carbons (Fsp3) is 0.417. The van der Waals surface area contributed by atoms with E-state index in [2.05, 4.69) is 4.74 Å². The summed E-state index contributed by atoms with van der Waals surface area (Å²) in [6.07, 6.45) is -2.45. The van der Waals surface area contributed by atoms with Crippen LogP contribution in [0.5, 0.6) is 0 Å². The Hall–Kier alpha value is -1.70. The number of esters is 1. The summed E-state index contributed by atoms with van der Waals surface area (Å²) in [7, 11) is 1.14. The number of nitro benzene ring substituents is 1. The molecule has 0 bridgehead atoms. The van der Waals surface area contributed by atoms with E-state index in [-0.39, 0.29) is 29.1 Å². The van der Waals surface area contributed by atoms with Gasteiger partial charge < -0.3 is 14.9 Å². The zero-order valence-corrected chi connectivity index (χ0v) is 11.4. The van der Waals surface area contributed by atoms with Crippen molar-refractivity contribution in [3.05, 3.63) is 39.4 Å². The van der Waals surface area contributed by atoms with Crippen molar-refractivity contribution in [1.29, 1.82) is 0 Å². The Kier molecular flexibility index (Phi) is 5.87. The van der Waals surface area contributed by atoms with Crippen LogP contribution in [0.2, 0.25) is 0 Å². The summed E-state index contributed by atoms with van der Waals surface area (Å²) >= 11 is 5.46. The fourth-order valence-electron chi connectivity index (χ4n) is 1.64. The lowest BCUT2D eigenvalue weighted by Crippen LogP contribution is -2.19. The molecule has 0 heterocycles. The number of carbonyl (C=O) groups is 1. The van der Waals surface area contributed by atoms with Crippen LogP contribution in [0.4, 0.5) is 5.69 Å². The number of halogens is 1. The van der Waals surface area contributed by atoms with Gasteiger partial charge >= 0.3 is 5.97 Å². The minimum Gasteiger partial charge on any atom is -0.465 e. The Balaban J connectivity index is 3.21. The van der Waals surface area contributed by atoms with Crippen LogP contribution in [0, 0.1) is 10.1 Å². The molecule has 0 aromatic heterocycles. The molecular weight excluding hydrogens is 290 g/mol. The van der Waals surface area contributed by atoms with Gasteiger partial charge in [-0.1, -0.05) is 0 Å². The Bertz CT molecular complexity index is 507. The summed E-state index contributed by atoms with van der Waals surface area (Å²) < 4.78 is 4.49. The molecule has 0 saturated carbocycles. The van der Waals surface area contributed by atoms with E-state index in [1.807, 2.05) is 0 Å². The van der Waals surface area contributed by atoms with Crippen LogP contribution in [0.1, 0.15) is 28.4 Å². The Morgan fingerprint density at radius 2 is 2.10 bits per heavy atom. The summed E-state index contributed by atoms with van der Waals surface area (Å²) in [6, 6.07) is 3.37. The van der Waals surface area contributed by atoms with Gasteiger partial charge in [0, 0.05) is 18.0 Å². The van der Waals surface area contributed by atoms with Gasteiger partial charge in [0.25, 0.3) is 5.69 Å². The number of hydrogen-bond donors (Lipinski definition) is 2. The number of rotatable bonds is 6. The van der Waals surface area contributed by atoms with Crippen LogP contribution in [-0.2, 0) is 4.74 Å². The second kappa shape index (κ2) is 7.18. The van der Waals surface area contributed by atoms with Gasteiger partial charge in [-0.3, -0.25) is 10.1 Å². The van der Waals surface area contributed by atoms with Crippen molar-refractivity contribution in [3.63, 3.8) is 0 Å². The largest absolute Gasteiger partial charge is 0.465 e. The SMILES string of the molecule is COC(=O)c1cc(C(O)C(O)CCCl)cc([N+](=O)[O-])c1. The maximum Gasteiger partial charge on any atom is 0.338 e. The number of hydrogen-bond acceptors (Lipinski definition) is 6. The summed E-state index contributed by atoms with van der Waals surface area (Å²) in [4.78, 5) is 21.6. The first-order valence-corrected chi connectivity index (χ1v) is 6.24. The highest BCUT2D eigenvalue weighted by atomic mass is 35.5. The maximum atomic E-state index is 11.4. The van der Waals surface area contributed by atoms with Gasteiger partial charge in [-0.15, -0.1) is 11.6 Å². The molecule has 110 valence electrons. The number of methoxy groups -OCH3 is 1. The van der Waals surface area contributed by atoms with Gasteiger partial charge in [0.15, 0.2) is 0 Å². The number of benzene rings is 1. The molecule has 0 radical (unpaired) electrons. The highest BCUT2D eigenvalue weighted by molar-refractivity contribution is 6.17. The summed E-state index contributed by atoms with van der Waals surface area (Å²) in [6.45, 7) is 0. The smallest absolute Gasteiger partial charge is 0.338 e. The third-order valence-corrected chi connectivity index (χ3v) is 2.90. The molecule has 2 atom stereocenters. The topological polar surface area (TPSA) is 110 Å². The minimum atomic E-state index is -1.38. The normalized spacial score (nSPS) is 13.6. The third kappa shape index (κ3) is 3.89. The molecule has 20 heavy (non-hydrogen) atoms. The first kappa shape index (κ1) is 16.4. The van der Waals surface area contributed by atoms with Gasteiger partial charge in [-0.05, 0) is 18.1 Å². The first-order chi connectivity index (χ1) is 9.40. The molecule has 2 N–H and O–H groups in total. The molecule has 0 aliphatic carbocycles. The van der Waals surface area contributed by atoms with Crippen LogP contribution in [-0.4, -0.2) is 40.2 Å². The van der Waals surface area contributed by atoms with Crippen molar-refractivity contribution >= 4 is 23.3 Å². The van der Waals surface area contributed by atoms with Gasteiger partial charge in [-0.25, -0.2) is 4.79 Å². The molecule has 0 fully saturated rings. The lowest BCUT2D eigenvalue weighted by atomic mass is 9.99. The first-order valence-electron chi connectivity index (χ1n) is 5.70. The van der Waals surface area contributed by atoms with Crippen molar-refractivity contribution in [2.45, 2.75) is 18.6 Å². The molecule has 0 aliphatic heterocycles. The quantitative estimate of drug-likeness (QED) is 0.356. The average molecular weight is 304 g/mol. The second-order valence-corrected chi connectivity index (χ2v) is 4.43. The number of non-ortho nitro benzene ring substituents is 1. The van der Waals surface area contributed by atoms with Crippen LogP contribution in [0.25, 0.3) is 0 Å². The Morgan fingerprint density at radius 1 is 1.45 bits per heavy atom. The highest BCUT2D eigenvalue weighted by Gasteiger charge is 2.23. The molecule has 0 amide bonds. The zero-order chi connectivity index (χ0) is 15.3. The van der Waals surface area contributed by atoms with E-state index in [0.29, 0.717) is 0 Å². The number of nitrogens with zero attached hydrogens (tertiary/aromatic N) is 1. The molecule has 7 nitrogen and oxygen atoms in total. The van der Waals surface area contributed by atoms with E-state index in [1.54, 1.807) is 0 Å². The van der Waals surface area contributed by atoms with Crippen molar-refractivity contribution in [3.8, 4) is 0 Å². The maximum absolute atomic E-state index is 11.4. The molecule has 1 aromatic rings. The van der Waals surface area contributed by atoms with Crippen LogP contribution in [0.3, 0.4) is 0 Å². The number of nitro groups is 1. The highest BCUT2D eigenvalue weighted by Crippen LogP contribution is 2.25. The molecule has 1 aromatic carbocycles. The van der Waals surface area contributed by atoms with Gasteiger partial charge in [0.05, 0.1) is 23.7 Å². The monoisotopic (exact) mass is 303 g/mol. The number of aliphatic hydroxyl groups is 2. The molecule has 0 spiro atoms. The van der Waals surface area contributed by atoms with E-state index < -0.39 is 23.1 Å². The summed E-state index contributed by atoms with van der Waals surface area (Å²) in [5.41, 5.74) is -0.397. The van der Waals surface area contributed by atoms with Gasteiger partial charge in [0.1, 0.15) is 6.10 Å². The van der Waals surface area contributed by atoms with Crippen molar-refractivity contribution in [2.75, 3.05) is 13.0 Å². The summed E-state index contributed by atoms with van der Waals surface area (Å²) in [5, 5.41) is 30.4. The van der Waals surface area contributed by atoms with Crippen LogP contribution in [0.15, 0.2) is 18.2 Å². The Labute approximate surface area is 119 Å². The Morgan fingerprint density at radius 3 is 2.60 bits per heavy atom. The summed E-state index contributed by atoms with van der Waals surface area (Å²) in [5.74, 6) is -0.647. The minimum absolute atomic E-state index is 0.0530. The van der Waals surface area contributed by atoms with Crippen molar-refractivity contribution < 1.29 is 24.7 Å². The lowest BCUT2D eigenvalue weighted by molar-refractivity contribution is -0.385. The van der Waals surface area contributed by atoms with Gasteiger partial charge in [0.2, 0.25) is 0 Å². The van der Waals surface area contributed by atoms with Crippen LogP contribution >= 0.6 is 11.6 Å². The predicted octanol–water partition coefficient (Wildman–Crippen LogP) is 1.40. The number of aliphatic hydroxyl groups excluding tert-OH is 2.